The molecule has 9 heteroatoms. The lowest BCUT2D eigenvalue weighted by atomic mass is 9.93. The molecule has 2 aliphatic rings. The molecular weight excluding hydrogens is 488 g/mol. The zero-order chi connectivity index (χ0) is 26.5. The van der Waals surface area contributed by atoms with E-state index in [2.05, 4.69) is 24.5 Å². The number of benzene rings is 2. The van der Waals surface area contributed by atoms with Crippen LogP contribution < -0.4 is 20.1 Å². The fourth-order valence-electron chi connectivity index (χ4n) is 4.20. The number of hydrogen-bond acceptors (Lipinski definition) is 7. The maximum atomic E-state index is 13.7. The van der Waals surface area contributed by atoms with Gasteiger partial charge in [-0.15, -0.1) is 0 Å². The van der Waals surface area contributed by atoms with Crippen molar-refractivity contribution in [1.29, 1.82) is 0 Å². The number of nitrogens with one attached hydrogen (secondary N) is 2. The van der Waals surface area contributed by atoms with E-state index in [-0.39, 0.29) is 18.2 Å². The smallest absolute Gasteiger partial charge is 0.255 e. The van der Waals surface area contributed by atoms with E-state index in [4.69, 9.17) is 14.5 Å². The summed E-state index contributed by atoms with van der Waals surface area (Å²) in [4.78, 5) is 33.2. The number of aliphatic imine (C=N–C) groups is 1. The van der Waals surface area contributed by atoms with Gasteiger partial charge < -0.3 is 25.0 Å². The predicted octanol–water partition coefficient (Wildman–Crippen LogP) is 5.08. The van der Waals surface area contributed by atoms with Gasteiger partial charge in [0.2, 0.25) is 5.91 Å². The molecule has 1 unspecified atom stereocenters. The number of carbonyl (C=O) groups excluding carboxylic acids is 2. The van der Waals surface area contributed by atoms with Crippen molar-refractivity contribution in [1.82, 2.24) is 10.2 Å². The normalized spacial score (nSPS) is 16.7. The quantitative estimate of drug-likeness (QED) is 0.479. The Morgan fingerprint density at radius 2 is 1.81 bits per heavy atom. The largest absolute Gasteiger partial charge is 0.497 e. The van der Waals surface area contributed by atoms with Gasteiger partial charge in [0.25, 0.3) is 5.91 Å². The highest BCUT2D eigenvalue weighted by Gasteiger charge is 2.40. The van der Waals surface area contributed by atoms with Crippen LogP contribution in [0.3, 0.4) is 0 Å². The Kier molecular flexibility index (Phi) is 8.23. The Balaban J connectivity index is 1.70. The minimum Gasteiger partial charge on any atom is -0.497 e. The van der Waals surface area contributed by atoms with Gasteiger partial charge in [-0.2, -0.15) is 0 Å². The lowest BCUT2D eigenvalue weighted by molar-refractivity contribution is -0.120. The van der Waals surface area contributed by atoms with Gasteiger partial charge >= 0.3 is 0 Å². The average molecular weight is 521 g/mol. The van der Waals surface area contributed by atoms with E-state index in [1.54, 1.807) is 38.5 Å². The van der Waals surface area contributed by atoms with Gasteiger partial charge in [0.05, 0.1) is 38.0 Å². The van der Waals surface area contributed by atoms with Crippen molar-refractivity contribution in [2.75, 3.05) is 26.1 Å². The summed E-state index contributed by atoms with van der Waals surface area (Å²) in [5.41, 5.74) is 3.42. The molecule has 0 saturated carbocycles. The molecule has 0 fully saturated rings. The summed E-state index contributed by atoms with van der Waals surface area (Å²) in [6.07, 6.45) is 0.186. The highest BCUT2D eigenvalue weighted by molar-refractivity contribution is 8.16. The second-order valence-corrected chi connectivity index (χ2v) is 10.1. The van der Waals surface area contributed by atoms with Crippen LogP contribution >= 0.6 is 11.8 Å². The van der Waals surface area contributed by atoms with Crippen LogP contribution in [0.5, 0.6) is 11.5 Å². The van der Waals surface area contributed by atoms with Gasteiger partial charge in [0, 0.05) is 17.9 Å². The van der Waals surface area contributed by atoms with Crippen LogP contribution in [-0.4, -0.2) is 42.6 Å². The van der Waals surface area contributed by atoms with E-state index in [1.165, 1.54) is 11.8 Å². The fourth-order valence-corrected chi connectivity index (χ4v) is 5.17. The zero-order valence-corrected chi connectivity index (χ0v) is 22.5. The van der Waals surface area contributed by atoms with Crippen molar-refractivity contribution in [3.63, 3.8) is 0 Å². The summed E-state index contributed by atoms with van der Waals surface area (Å²) in [6.45, 7) is 6.56. The molecule has 4 rings (SSSR count). The molecule has 0 radical (unpaired) electrons. The molecule has 2 heterocycles. The van der Waals surface area contributed by atoms with Crippen LogP contribution in [0.25, 0.3) is 0 Å². The number of amides is 2. The van der Waals surface area contributed by atoms with Crippen LogP contribution in [0.1, 0.15) is 38.8 Å². The molecule has 2 aromatic rings. The second-order valence-electron chi connectivity index (χ2n) is 9.23. The summed E-state index contributed by atoms with van der Waals surface area (Å²) in [5, 5.41) is 8.67. The fraction of sp³-hybridized carbons (Fsp3) is 0.321. The van der Waals surface area contributed by atoms with Gasteiger partial charge in [0.1, 0.15) is 11.5 Å². The lowest BCUT2D eigenvalue weighted by Crippen LogP contribution is -2.39. The number of nitrogens with zero attached hydrogens (tertiary/aromatic N) is 2. The first-order chi connectivity index (χ1) is 17.8. The number of carbonyl (C=O) groups is 2. The third-order valence-electron chi connectivity index (χ3n) is 6.05. The van der Waals surface area contributed by atoms with E-state index in [9.17, 15) is 9.59 Å². The zero-order valence-electron chi connectivity index (χ0n) is 21.7. The summed E-state index contributed by atoms with van der Waals surface area (Å²) in [5.74, 6) is 1.40. The lowest BCUT2D eigenvalue weighted by Gasteiger charge is -2.36. The highest BCUT2D eigenvalue weighted by Crippen LogP contribution is 2.45. The predicted molar refractivity (Wildman–Crippen MR) is 147 cm³/mol. The standard InChI is InChI=1S/C28H32N4O4S/c1-17(2)15-29-24(33)14-21-16-37-28-30-18(3)25(27(34)31-20-9-11-22(35-4)12-10-20)26(32(21)28)19-7-6-8-23(13-19)36-5/h6-13,16-17,26H,14-15H2,1-5H3,(H,29,33)(H,31,34). The van der Waals surface area contributed by atoms with Crippen LogP contribution in [0.15, 0.2) is 75.9 Å². The third-order valence-corrected chi connectivity index (χ3v) is 6.94. The van der Waals surface area contributed by atoms with Crippen LogP contribution in [0, 0.1) is 5.92 Å². The SMILES string of the molecule is COc1ccc(NC(=O)C2=C(C)N=C3SC=C(CC(=O)NCC(C)C)N3C2c2cccc(OC)c2)cc1. The Morgan fingerprint density at radius 3 is 2.49 bits per heavy atom. The molecule has 2 aromatic carbocycles. The molecule has 8 nitrogen and oxygen atoms in total. The molecule has 0 aliphatic carbocycles. The molecule has 194 valence electrons. The Bertz CT molecular complexity index is 1270. The number of allylic oxidation sites excluding steroid dienone is 1. The number of methoxy groups -OCH3 is 2. The number of amidine groups is 1. The van der Waals surface area contributed by atoms with Crippen LogP contribution in [-0.2, 0) is 9.59 Å². The first kappa shape index (κ1) is 26.3. The van der Waals surface area contributed by atoms with Crippen LogP contribution in [0.4, 0.5) is 5.69 Å². The van der Waals surface area contributed by atoms with Crippen molar-refractivity contribution in [2.24, 2.45) is 10.9 Å². The molecule has 2 amide bonds. The Hall–Kier alpha value is -3.72. The van der Waals surface area contributed by atoms with Crippen molar-refractivity contribution in [3.05, 3.63) is 76.5 Å². The summed E-state index contributed by atoms with van der Waals surface area (Å²) in [7, 11) is 3.21. The number of anilines is 1. The summed E-state index contributed by atoms with van der Waals surface area (Å²) < 4.78 is 10.7. The van der Waals surface area contributed by atoms with E-state index in [0.717, 1.165) is 16.4 Å². The monoisotopic (exact) mass is 520 g/mol. The Morgan fingerprint density at radius 1 is 1.08 bits per heavy atom. The van der Waals surface area contributed by atoms with Gasteiger partial charge in [-0.3, -0.25) is 9.59 Å². The van der Waals surface area contributed by atoms with Gasteiger partial charge in [-0.05, 0) is 60.2 Å². The number of ether oxygens (including phenoxy) is 2. The van der Waals surface area contributed by atoms with E-state index >= 15 is 0 Å². The molecule has 2 aliphatic heterocycles. The summed E-state index contributed by atoms with van der Waals surface area (Å²) >= 11 is 1.46. The van der Waals surface area contributed by atoms with E-state index < -0.39 is 6.04 Å². The number of thioether (sulfide) groups is 1. The molecule has 37 heavy (non-hydrogen) atoms. The maximum absolute atomic E-state index is 13.7. The molecule has 1 atom stereocenters. The number of fused-ring (bicyclic) bond motifs is 1. The maximum Gasteiger partial charge on any atom is 0.255 e. The molecule has 0 spiro atoms. The Labute approximate surface area is 221 Å². The van der Waals surface area contributed by atoms with Crippen molar-refractivity contribution in [3.8, 4) is 11.5 Å². The first-order valence-electron chi connectivity index (χ1n) is 12.1. The molecule has 2 N–H and O–H groups in total. The van der Waals surface area contributed by atoms with Gasteiger partial charge in [0.15, 0.2) is 5.17 Å². The molecular formula is C28H32N4O4S. The topological polar surface area (TPSA) is 92.3 Å². The van der Waals surface area contributed by atoms with Gasteiger partial charge in [-0.1, -0.05) is 37.7 Å². The molecule has 0 bridgehead atoms. The van der Waals surface area contributed by atoms with Crippen molar-refractivity contribution >= 4 is 34.4 Å². The second kappa shape index (κ2) is 11.6. The van der Waals surface area contributed by atoms with Gasteiger partial charge in [-0.25, -0.2) is 4.99 Å². The first-order valence-corrected chi connectivity index (χ1v) is 13.0. The molecule has 0 saturated heterocycles. The number of hydrogen-bond donors (Lipinski definition) is 2. The van der Waals surface area contributed by atoms with E-state index in [0.29, 0.717) is 40.9 Å². The number of rotatable bonds is 9. The summed E-state index contributed by atoms with van der Waals surface area (Å²) in [6, 6.07) is 14.3. The van der Waals surface area contributed by atoms with Crippen molar-refractivity contribution < 1.29 is 19.1 Å². The van der Waals surface area contributed by atoms with E-state index in [1.807, 2.05) is 41.5 Å². The molecule has 0 aromatic heterocycles. The highest BCUT2D eigenvalue weighted by atomic mass is 32.2. The minimum absolute atomic E-state index is 0.0679. The van der Waals surface area contributed by atoms with Crippen molar-refractivity contribution in [2.45, 2.75) is 33.2 Å². The average Bonchev–Trinajstić information content (AvgIpc) is 3.28. The van der Waals surface area contributed by atoms with Crippen LogP contribution in [0.2, 0.25) is 0 Å². The minimum atomic E-state index is -0.486. The third kappa shape index (κ3) is 5.99.